The normalized spacial score (nSPS) is 12.5. The van der Waals surface area contributed by atoms with Crippen molar-refractivity contribution >= 4 is 33.3 Å². The highest BCUT2D eigenvalue weighted by Gasteiger charge is 2.14. The molecule has 0 spiro atoms. The van der Waals surface area contributed by atoms with Gasteiger partial charge in [-0.2, -0.15) is 0 Å². The Labute approximate surface area is 84.9 Å². The fraction of sp³-hybridized carbons (Fsp3) is 0.222. The van der Waals surface area contributed by atoms with Crippen LogP contribution in [0.3, 0.4) is 0 Å². The van der Waals surface area contributed by atoms with Crippen molar-refractivity contribution < 1.29 is 4.79 Å². The Balaban J connectivity index is 2.79. The molecule has 1 atom stereocenters. The van der Waals surface area contributed by atoms with E-state index in [1.54, 1.807) is 12.1 Å². The molecule has 0 aliphatic heterocycles. The van der Waals surface area contributed by atoms with Gasteiger partial charge >= 0.3 is 0 Å². The molecule has 0 aromatic heterocycles. The number of carbonyl (C=O) groups excluding carboxylic acids is 1. The number of carbonyl (C=O) groups is 1. The van der Waals surface area contributed by atoms with Crippen molar-refractivity contribution in [2.75, 3.05) is 5.88 Å². The highest BCUT2D eigenvalue weighted by atomic mass is 79.9. The Morgan fingerprint density at radius 3 is 2.50 bits per heavy atom. The van der Waals surface area contributed by atoms with Gasteiger partial charge in [-0.1, -0.05) is 46.3 Å². The lowest BCUT2D eigenvalue weighted by molar-refractivity contribution is 0.0997. The number of Topliss-reactive ketones (excluding diaryl/α,β-unsaturated/α-hetero) is 1. The maximum absolute atomic E-state index is 11.4. The lowest BCUT2D eigenvalue weighted by Crippen LogP contribution is -2.15. The molecule has 1 unspecified atom stereocenters. The van der Waals surface area contributed by atoms with E-state index < -0.39 is 0 Å². The van der Waals surface area contributed by atoms with Gasteiger partial charge in [0.25, 0.3) is 0 Å². The van der Waals surface area contributed by atoms with Gasteiger partial charge in [-0.15, -0.1) is 11.6 Å². The Kier molecular flexibility index (Phi) is 3.76. The van der Waals surface area contributed by atoms with Crippen LogP contribution in [0.4, 0.5) is 0 Å². The lowest BCUT2D eigenvalue weighted by Gasteiger charge is -2.03. The zero-order valence-corrected chi connectivity index (χ0v) is 8.68. The van der Waals surface area contributed by atoms with E-state index in [1.165, 1.54) is 0 Å². The quantitative estimate of drug-likeness (QED) is 0.593. The third kappa shape index (κ3) is 2.32. The minimum Gasteiger partial charge on any atom is -0.293 e. The van der Waals surface area contributed by atoms with Gasteiger partial charge in [0.05, 0.1) is 4.83 Å². The average Bonchev–Trinajstić information content (AvgIpc) is 2.17. The van der Waals surface area contributed by atoms with E-state index in [-0.39, 0.29) is 10.6 Å². The van der Waals surface area contributed by atoms with Crippen LogP contribution in [0.1, 0.15) is 10.4 Å². The summed E-state index contributed by atoms with van der Waals surface area (Å²) in [6.07, 6.45) is 0. The third-order valence-corrected chi connectivity index (χ3v) is 2.90. The fourth-order valence-electron chi connectivity index (χ4n) is 0.853. The minimum absolute atomic E-state index is 0.0330. The molecular weight excluding hydrogens is 239 g/mol. The number of rotatable bonds is 3. The van der Waals surface area contributed by atoms with Crippen LogP contribution in [0.25, 0.3) is 0 Å². The smallest absolute Gasteiger partial charge is 0.177 e. The highest BCUT2D eigenvalue weighted by molar-refractivity contribution is 9.10. The van der Waals surface area contributed by atoms with Crippen LogP contribution < -0.4 is 0 Å². The van der Waals surface area contributed by atoms with E-state index in [2.05, 4.69) is 15.9 Å². The SMILES string of the molecule is O=C(c1ccccc1)C(Br)CCl. The Morgan fingerprint density at radius 1 is 1.42 bits per heavy atom. The fourth-order valence-corrected chi connectivity index (χ4v) is 1.26. The van der Waals surface area contributed by atoms with E-state index in [0.717, 1.165) is 0 Å². The van der Waals surface area contributed by atoms with Crippen LogP contribution in [0.5, 0.6) is 0 Å². The number of alkyl halides is 2. The van der Waals surface area contributed by atoms with Crippen LogP contribution in [-0.4, -0.2) is 16.5 Å². The molecule has 0 aliphatic rings. The summed E-state index contributed by atoms with van der Waals surface area (Å²) in [5.41, 5.74) is 0.694. The minimum atomic E-state index is -0.276. The van der Waals surface area contributed by atoms with Crippen LogP contribution in [0.2, 0.25) is 0 Å². The monoisotopic (exact) mass is 246 g/mol. The molecule has 0 aliphatic carbocycles. The van der Waals surface area contributed by atoms with Crippen molar-refractivity contribution in [2.24, 2.45) is 0 Å². The van der Waals surface area contributed by atoms with Gasteiger partial charge in [-0.05, 0) is 0 Å². The van der Waals surface area contributed by atoms with Crippen LogP contribution in [0.15, 0.2) is 30.3 Å². The number of hydrogen-bond acceptors (Lipinski definition) is 1. The lowest BCUT2D eigenvalue weighted by atomic mass is 10.1. The van der Waals surface area contributed by atoms with Crippen molar-refractivity contribution in [3.05, 3.63) is 35.9 Å². The molecule has 1 aromatic carbocycles. The summed E-state index contributed by atoms with van der Waals surface area (Å²) in [4.78, 5) is 11.2. The molecule has 1 nitrogen and oxygen atoms in total. The summed E-state index contributed by atoms with van der Waals surface area (Å²) in [7, 11) is 0. The van der Waals surface area contributed by atoms with Crippen molar-refractivity contribution in [1.82, 2.24) is 0 Å². The molecule has 3 heteroatoms. The highest BCUT2D eigenvalue weighted by Crippen LogP contribution is 2.11. The topological polar surface area (TPSA) is 17.1 Å². The van der Waals surface area contributed by atoms with Crippen molar-refractivity contribution in [1.29, 1.82) is 0 Å². The van der Waals surface area contributed by atoms with Gasteiger partial charge < -0.3 is 0 Å². The van der Waals surface area contributed by atoms with Crippen LogP contribution >= 0.6 is 27.5 Å². The third-order valence-electron chi connectivity index (χ3n) is 1.48. The van der Waals surface area contributed by atoms with Gasteiger partial charge in [0.15, 0.2) is 5.78 Å². The maximum atomic E-state index is 11.4. The standard InChI is InChI=1S/C9H8BrClO/c10-8(6-11)9(12)7-4-2-1-3-5-7/h1-5,8H,6H2. The predicted molar refractivity (Wildman–Crippen MR) is 54.2 cm³/mol. The van der Waals surface area contributed by atoms with Gasteiger partial charge in [-0.25, -0.2) is 0 Å². The Hall–Kier alpha value is -0.340. The summed E-state index contributed by atoms with van der Waals surface area (Å²) >= 11 is 8.73. The Bertz CT molecular complexity index is 260. The van der Waals surface area contributed by atoms with Gasteiger partial charge in [0.2, 0.25) is 0 Å². The predicted octanol–water partition coefficient (Wildman–Crippen LogP) is 2.87. The van der Waals surface area contributed by atoms with Crippen LogP contribution in [-0.2, 0) is 0 Å². The molecule has 1 aromatic rings. The second kappa shape index (κ2) is 4.63. The summed E-state index contributed by atoms with van der Waals surface area (Å²) in [5, 5.41) is 0. The van der Waals surface area contributed by atoms with Gasteiger partial charge in [0, 0.05) is 11.4 Å². The van der Waals surface area contributed by atoms with E-state index in [1.807, 2.05) is 18.2 Å². The largest absolute Gasteiger partial charge is 0.293 e. The van der Waals surface area contributed by atoms with Crippen molar-refractivity contribution in [2.45, 2.75) is 4.83 Å². The molecule has 0 heterocycles. The summed E-state index contributed by atoms with van der Waals surface area (Å²) < 4.78 is 0. The molecule has 0 bridgehead atoms. The zero-order valence-electron chi connectivity index (χ0n) is 6.34. The van der Waals surface area contributed by atoms with Crippen molar-refractivity contribution in [3.8, 4) is 0 Å². The molecule has 0 N–H and O–H groups in total. The maximum Gasteiger partial charge on any atom is 0.177 e. The molecular formula is C9H8BrClO. The zero-order chi connectivity index (χ0) is 8.97. The molecule has 0 fully saturated rings. The second-order valence-electron chi connectivity index (χ2n) is 2.35. The number of ketones is 1. The Morgan fingerprint density at radius 2 is 2.00 bits per heavy atom. The van der Waals surface area contributed by atoms with E-state index in [0.29, 0.717) is 11.4 Å². The first kappa shape index (κ1) is 9.75. The van der Waals surface area contributed by atoms with E-state index >= 15 is 0 Å². The molecule has 12 heavy (non-hydrogen) atoms. The summed E-state index contributed by atoms with van der Waals surface area (Å²) in [5.74, 6) is 0.332. The summed E-state index contributed by atoms with van der Waals surface area (Å²) in [6.45, 7) is 0. The van der Waals surface area contributed by atoms with Crippen LogP contribution in [0, 0.1) is 0 Å². The molecule has 64 valence electrons. The average molecular weight is 248 g/mol. The van der Waals surface area contributed by atoms with E-state index in [9.17, 15) is 4.79 Å². The number of benzene rings is 1. The van der Waals surface area contributed by atoms with Gasteiger partial charge in [-0.3, -0.25) is 4.79 Å². The van der Waals surface area contributed by atoms with E-state index in [4.69, 9.17) is 11.6 Å². The summed E-state index contributed by atoms with van der Waals surface area (Å²) in [6, 6.07) is 9.11. The number of hydrogen-bond donors (Lipinski definition) is 0. The molecule has 0 saturated carbocycles. The molecule has 0 amide bonds. The second-order valence-corrected chi connectivity index (χ2v) is 3.77. The molecule has 1 rings (SSSR count). The molecule has 0 saturated heterocycles. The first-order valence-electron chi connectivity index (χ1n) is 3.55. The van der Waals surface area contributed by atoms with Crippen molar-refractivity contribution in [3.63, 3.8) is 0 Å². The first-order valence-corrected chi connectivity index (χ1v) is 5.00. The van der Waals surface area contributed by atoms with Gasteiger partial charge in [0.1, 0.15) is 0 Å². The number of halogens is 2. The first-order chi connectivity index (χ1) is 5.75. The molecule has 0 radical (unpaired) electrons.